The van der Waals surface area contributed by atoms with Gasteiger partial charge in [0.25, 0.3) is 0 Å². The third kappa shape index (κ3) is 2.89. The van der Waals surface area contributed by atoms with E-state index < -0.39 is 0 Å². The first-order valence-electron chi connectivity index (χ1n) is 9.27. The molecule has 0 radical (unpaired) electrons. The number of hydrogen-bond donors (Lipinski definition) is 1. The van der Waals surface area contributed by atoms with Gasteiger partial charge in [-0.05, 0) is 23.8 Å². The van der Waals surface area contributed by atoms with Crippen molar-refractivity contribution in [1.82, 2.24) is 10.3 Å². The average molecular weight is 366 g/mol. The van der Waals surface area contributed by atoms with Gasteiger partial charge in [0.05, 0.1) is 18.0 Å². The topological polar surface area (TPSA) is 51.2 Å². The maximum Gasteiger partial charge on any atom is 0.225 e. The molecule has 0 atom stereocenters. The molecule has 0 unspecified atom stereocenters. The fourth-order valence-electron chi connectivity index (χ4n) is 3.76. The van der Waals surface area contributed by atoms with E-state index in [0.717, 1.165) is 39.1 Å². The van der Waals surface area contributed by atoms with Crippen molar-refractivity contribution in [2.24, 2.45) is 0 Å². The summed E-state index contributed by atoms with van der Waals surface area (Å²) in [4.78, 5) is 17.4. The Kier molecular flexibility index (Phi) is 4.02. The van der Waals surface area contributed by atoms with E-state index in [-0.39, 0.29) is 18.4 Å². The minimum atomic E-state index is -0.239. The highest BCUT2D eigenvalue weighted by atomic mass is 16.5. The van der Waals surface area contributed by atoms with Crippen LogP contribution in [-0.4, -0.2) is 10.9 Å². The second kappa shape index (κ2) is 6.82. The van der Waals surface area contributed by atoms with Crippen LogP contribution in [0.2, 0.25) is 0 Å². The highest BCUT2D eigenvalue weighted by Gasteiger charge is 2.28. The zero-order valence-corrected chi connectivity index (χ0v) is 15.1. The van der Waals surface area contributed by atoms with Crippen molar-refractivity contribution in [3.8, 4) is 11.5 Å². The third-order valence-corrected chi connectivity index (χ3v) is 5.05. The van der Waals surface area contributed by atoms with Gasteiger partial charge >= 0.3 is 0 Å². The number of pyridine rings is 1. The lowest BCUT2D eigenvalue weighted by Crippen LogP contribution is -2.32. The smallest absolute Gasteiger partial charge is 0.225 e. The van der Waals surface area contributed by atoms with Crippen LogP contribution in [0.4, 0.5) is 0 Å². The van der Waals surface area contributed by atoms with Crippen LogP contribution >= 0.6 is 0 Å². The van der Waals surface area contributed by atoms with Crippen LogP contribution in [0.5, 0.6) is 11.5 Å². The Bertz CT molecular complexity index is 1140. The molecule has 0 bridgehead atoms. The molecule has 0 spiro atoms. The number of amides is 1. The molecule has 1 aliphatic rings. The number of aromatic nitrogens is 1. The molecule has 0 saturated carbocycles. The number of carbonyl (C=O) groups is 1. The normalized spacial score (nSPS) is 12.7. The van der Waals surface area contributed by atoms with Crippen molar-refractivity contribution >= 4 is 16.8 Å². The molecule has 1 amide bonds. The lowest BCUT2D eigenvalue weighted by Gasteiger charge is -2.28. The van der Waals surface area contributed by atoms with Gasteiger partial charge < -0.3 is 10.1 Å². The molecular weight excluding hydrogens is 348 g/mol. The molecule has 4 heteroatoms. The predicted molar refractivity (Wildman–Crippen MR) is 108 cm³/mol. The van der Waals surface area contributed by atoms with Gasteiger partial charge in [-0.3, -0.25) is 9.78 Å². The van der Waals surface area contributed by atoms with Crippen molar-refractivity contribution in [2.45, 2.75) is 12.5 Å². The fourth-order valence-corrected chi connectivity index (χ4v) is 3.76. The van der Waals surface area contributed by atoms with Crippen molar-refractivity contribution < 1.29 is 9.53 Å². The highest BCUT2D eigenvalue weighted by Crippen LogP contribution is 2.42. The average Bonchev–Trinajstić information content (AvgIpc) is 2.74. The Morgan fingerprint density at radius 1 is 0.857 bits per heavy atom. The summed E-state index contributed by atoms with van der Waals surface area (Å²) in [6.07, 6.45) is 2.03. The molecule has 0 fully saturated rings. The largest absolute Gasteiger partial charge is 0.457 e. The second-order valence-corrected chi connectivity index (χ2v) is 6.85. The lowest BCUT2D eigenvalue weighted by atomic mass is 9.94. The van der Waals surface area contributed by atoms with Gasteiger partial charge in [-0.25, -0.2) is 0 Å². The molecule has 2 heterocycles. The Morgan fingerprint density at radius 3 is 2.29 bits per heavy atom. The number of fused-ring (bicyclic) bond motifs is 3. The summed E-state index contributed by atoms with van der Waals surface area (Å²) >= 11 is 0. The van der Waals surface area contributed by atoms with Crippen LogP contribution in [0.15, 0.2) is 85.1 Å². The van der Waals surface area contributed by atoms with Crippen molar-refractivity contribution in [1.29, 1.82) is 0 Å². The minimum Gasteiger partial charge on any atom is -0.457 e. The minimum absolute atomic E-state index is 0.0466. The molecular formula is C24H18N2O2. The summed E-state index contributed by atoms with van der Waals surface area (Å²) in [5, 5.41) is 4.23. The summed E-state index contributed by atoms with van der Waals surface area (Å²) in [6.45, 7) is 0. The van der Waals surface area contributed by atoms with Gasteiger partial charge in [0.1, 0.15) is 11.5 Å². The Balaban J connectivity index is 1.47. The zero-order valence-electron chi connectivity index (χ0n) is 15.1. The molecule has 5 rings (SSSR count). The first-order valence-corrected chi connectivity index (χ1v) is 9.27. The maximum absolute atomic E-state index is 13.0. The van der Waals surface area contributed by atoms with E-state index in [0.29, 0.717) is 0 Å². The molecule has 136 valence electrons. The molecule has 4 nitrogen and oxygen atoms in total. The number of nitrogens with zero attached hydrogens (tertiary/aromatic N) is 1. The van der Waals surface area contributed by atoms with Crippen molar-refractivity contribution in [2.75, 3.05) is 0 Å². The van der Waals surface area contributed by atoms with Crippen LogP contribution in [-0.2, 0) is 11.2 Å². The monoisotopic (exact) mass is 366 g/mol. The quantitative estimate of drug-likeness (QED) is 0.567. The summed E-state index contributed by atoms with van der Waals surface area (Å²) in [5.74, 6) is 1.51. The van der Waals surface area contributed by atoms with E-state index in [2.05, 4.69) is 10.3 Å². The molecule has 1 N–H and O–H groups in total. The SMILES string of the molecule is O=C(Cc1cccc2cccnc12)NC1c2ccccc2Oc2ccccc21. The molecule has 3 aromatic carbocycles. The van der Waals surface area contributed by atoms with Crippen LogP contribution in [0.25, 0.3) is 10.9 Å². The number of rotatable bonds is 3. The summed E-state index contributed by atoms with van der Waals surface area (Å²) in [5.41, 5.74) is 3.72. The summed E-state index contributed by atoms with van der Waals surface area (Å²) < 4.78 is 6.00. The number of para-hydroxylation sites is 3. The van der Waals surface area contributed by atoms with Gasteiger partial charge in [0.15, 0.2) is 0 Å². The van der Waals surface area contributed by atoms with Crippen LogP contribution in [0.1, 0.15) is 22.7 Å². The molecule has 4 aromatic rings. The number of hydrogen-bond acceptors (Lipinski definition) is 3. The Hall–Kier alpha value is -3.66. The van der Waals surface area contributed by atoms with E-state index in [1.54, 1.807) is 6.20 Å². The number of carbonyl (C=O) groups excluding carboxylic acids is 1. The molecule has 28 heavy (non-hydrogen) atoms. The van der Waals surface area contributed by atoms with E-state index in [1.165, 1.54) is 0 Å². The number of benzene rings is 3. The fraction of sp³-hybridized carbons (Fsp3) is 0.0833. The van der Waals surface area contributed by atoms with Gasteiger partial charge in [0.2, 0.25) is 5.91 Å². The van der Waals surface area contributed by atoms with Crippen LogP contribution in [0, 0.1) is 0 Å². The van der Waals surface area contributed by atoms with Gasteiger partial charge in [-0.15, -0.1) is 0 Å². The molecule has 0 aliphatic carbocycles. The van der Waals surface area contributed by atoms with E-state index in [1.807, 2.05) is 78.9 Å². The van der Waals surface area contributed by atoms with Crippen LogP contribution < -0.4 is 10.1 Å². The number of ether oxygens (including phenoxy) is 1. The lowest BCUT2D eigenvalue weighted by molar-refractivity contribution is -0.120. The van der Waals surface area contributed by atoms with E-state index in [4.69, 9.17) is 4.74 Å². The summed E-state index contributed by atoms with van der Waals surface area (Å²) in [7, 11) is 0. The second-order valence-electron chi connectivity index (χ2n) is 6.85. The standard InChI is InChI=1S/C24H18N2O2/c27-22(15-17-8-5-7-16-9-6-14-25-23(16)17)26-24-18-10-1-3-12-20(18)28-21-13-4-2-11-19(21)24/h1-14,24H,15H2,(H,26,27). The van der Waals surface area contributed by atoms with Crippen LogP contribution in [0.3, 0.4) is 0 Å². The highest BCUT2D eigenvalue weighted by molar-refractivity contribution is 5.88. The maximum atomic E-state index is 13.0. The summed E-state index contributed by atoms with van der Waals surface area (Å²) in [6, 6.07) is 25.3. The number of nitrogens with one attached hydrogen (secondary N) is 1. The van der Waals surface area contributed by atoms with Crippen molar-refractivity contribution in [3.05, 3.63) is 102 Å². The predicted octanol–water partition coefficient (Wildman–Crippen LogP) is 4.79. The first-order chi connectivity index (χ1) is 13.8. The van der Waals surface area contributed by atoms with Gasteiger partial charge in [0, 0.05) is 22.7 Å². The van der Waals surface area contributed by atoms with Gasteiger partial charge in [-0.1, -0.05) is 60.7 Å². The van der Waals surface area contributed by atoms with Gasteiger partial charge in [-0.2, -0.15) is 0 Å². The van der Waals surface area contributed by atoms with E-state index >= 15 is 0 Å². The zero-order chi connectivity index (χ0) is 18.9. The first kappa shape index (κ1) is 16.5. The molecule has 1 aliphatic heterocycles. The molecule has 1 aromatic heterocycles. The Labute approximate surface area is 162 Å². The van der Waals surface area contributed by atoms with E-state index in [9.17, 15) is 4.79 Å². The Morgan fingerprint density at radius 2 is 1.54 bits per heavy atom. The third-order valence-electron chi connectivity index (χ3n) is 5.05. The molecule has 0 saturated heterocycles. The van der Waals surface area contributed by atoms with Crippen molar-refractivity contribution in [3.63, 3.8) is 0 Å².